The second-order valence-electron chi connectivity index (χ2n) is 4.71. The molecule has 1 aliphatic carbocycles. The molecule has 0 amide bonds. The third-order valence-corrected chi connectivity index (χ3v) is 3.91. The number of hydrogen-bond acceptors (Lipinski definition) is 1. The molecule has 0 saturated heterocycles. The highest BCUT2D eigenvalue weighted by Crippen LogP contribution is 2.28. The Morgan fingerprint density at radius 1 is 1.00 bits per heavy atom. The minimum Gasteiger partial charge on any atom is -0.289 e. The third kappa shape index (κ3) is 2.54. The summed E-state index contributed by atoms with van der Waals surface area (Å²) in [6, 6.07) is 16.0. The average molecular weight is 313 g/mol. The number of halogens is 1. The van der Waals surface area contributed by atoms with E-state index in [1.165, 1.54) is 0 Å². The highest BCUT2D eigenvalue weighted by molar-refractivity contribution is 9.10. The van der Waals surface area contributed by atoms with Gasteiger partial charge in [0.1, 0.15) is 0 Å². The number of carbonyl (C=O) groups excluding carboxylic acids is 1. The van der Waals surface area contributed by atoms with Gasteiger partial charge < -0.3 is 0 Å². The second-order valence-corrected chi connectivity index (χ2v) is 5.63. The van der Waals surface area contributed by atoms with Crippen LogP contribution < -0.4 is 0 Å². The van der Waals surface area contributed by atoms with Crippen molar-refractivity contribution in [2.24, 2.45) is 0 Å². The quantitative estimate of drug-likeness (QED) is 0.700. The van der Waals surface area contributed by atoms with Gasteiger partial charge in [0.25, 0.3) is 0 Å². The Balaban J connectivity index is 2.00. The first-order chi connectivity index (χ1) is 9.24. The Morgan fingerprint density at radius 2 is 1.79 bits per heavy atom. The summed E-state index contributed by atoms with van der Waals surface area (Å²) in [5.41, 5.74) is 3.97. The van der Waals surface area contributed by atoms with Crippen molar-refractivity contribution in [2.75, 3.05) is 0 Å². The number of carbonyl (C=O) groups is 1. The summed E-state index contributed by atoms with van der Waals surface area (Å²) >= 11 is 3.43. The fourth-order valence-corrected chi connectivity index (χ4v) is 2.78. The number of benzene rings is 2. The van der Waals surface area contributed by atoms with E-state index in [0.29, 0.717) is 0 Å². The van der Waals surface area contributed by atoms with E-state index < -0.39 is 0 Å². The summed E-state index contributed by atoms with van der Waals surface area (Å²) < 4.78 is 0.959. The van der Waals surface area contributed by atoms with Crippen molar-refractivity contribution in [1.82, 2.24) is 0 Å². The van der Waals surface area contributed by atoms with Crippen molar-refractivity contribution in [1.29, 1.82) is 0 Å². The van der Waals surface area contributed by atoms with Gasteiger partial charge in [0.15, 0.2) is 5.78 Å². The summed E-state index contributed by atoms with van der Waals surface area (Å²) in [7, 11) is 0. The van der Waals surface area contributed by atoms with E-state index in [4.69, 9.17) is 0 Å². The van der Waals surface area contributed by atoms with Crippen molar-refractivity contribution < 1.29 is 4.79 Å². The second kappa shape index (κ2) is 5.14. The zero-order chi connectivity index (χ0) is 13.2. The van der Waals surface area contributed by atoms with Gasteiger partial charge in [-0.05, 0) is 42.2 Å². The van der Waals surface area contributed by atoms with Crippen molar-refractivity contribution in [3.63, 3.8) is 0 Å². The maximum Gasteiger partial charge on any atom is 0.189 e. The van der Waals surface area contributed by atoms with Gasteiger partial charge in [-0.3, -0.25) is 4.79 Å². The average Bonchev–Trinajstić information content (AvgIpc) is 2.44. The van der Waals surface area contributed by atoms with E-state index in [0.717, 1.165) is 39.6 Å². The molecule has 3 rings (SSSR count). The predicted molar refractivity (Wildman–Crippen MR) is 81.2 cm³/mol. The van der Waals surface area contributed by atoms with Crippen molar-refractivity contribution in [2.45, 2.75) is 12.8 Å². The minimum absolute atomic E-state index is 0.159. The van der Waals surface area contributed by atoms with Gasteiger partial charge in [-0.25, -0.2) is 0 Å². The molecule has 0 aromatic heterocycles. The molecule has 0 N–H and O–H groups in total. The summed E-state index contributed by atoms with van der Waals surface area (Å²) in [5, 5.41) is 0. The minimum atomic E-state index is 0.159. The molecule has 0 spiro atoms. The molecular weight excluding hydrogens is 300 g/mol. The molecule has 2 heteroatoms. The number of ketones is 1. The van der Waals surface area contributed by atoms with Crippen LogP contribution in [-0.4, -0.2) is 5.78 Å². The molecule has 19 heavy (non-hydrogen) atoms. The van der Waals surface area contributed by atoms with Crippen LogP contribution in [0, 0.1) is 0 Å². The molecule has 0 bridgehead atoms. The zero-order valence-electron chi connectivity index (χ0n) is 10.4. The predicted octanol–water partition coefficient (Wildman–Crippen LogP) is 4.66. The largest absolute Gasteiger partial charge is 0.289 e. The first-order valence-corrected chi connectivity index (χ1v) is 7.12. The van der Waals surface area contributed by atoms with Gasteiger partial charge >= 0.3 is 0 Å². The van der Waals surface area contributed by atoms with Crippen molar-refractivity contribution in [3.05, 3.63) is 75.3 Å². The standard InChI is InChI=1S/C17H13BrO/c18-15-9-8-13-6-7-14(17(19)16(13)11-15)10-12-4-2-1-3-5-12/h1-5,8-11H,6-7H2/b14-10+. The van der Waals surface area contributed by atoms with E-state index in [1.54, 1.807) is 0 Å². The lowest BCUT2D eigenvalue weighted by molar-refractivity contribution is 0.102. The van der Waals surface area contributed by atoms with E-state index in [-0.39, 0.29) is 5.78 Å². The van der Waals surface area contributed by atoms with Crippen LogP contribution in [0.2, 0.25) is 0 Å². The summed E-state index contributed by atoms with van der Waals surface area (Å²) in [4.78, 5) is 12.5. The number of hydrogen-bond donors (Lipinski definition) is 0. The summed E-state index contributed by atoms with van der Waals surface area (Å²) in [5.74, 6) is 0.159. The molecule has 2 aromatic carbocycles. The van der Waals surface area contributed by atoms with E-state index in [1.807, 2.05) is 54.6 Å². The fraction of sp³-hybridized carbons (Fsp3) is 0.118. The number of aryl methyl sites for hydroxylation is 1. The maximum absolute atomic E-state index is 12.5. The topological polar surface area (TPSA) is 17.1 Å². The Labute approximate surface area is 121 Å². The number of allylic oxidation sites excluding steroid dienone is 1. The lowest BCUT2D eigenvalue weighted by Gasteiger charge is -2.17. The molecule has 0 unspecified atom stereocenters. The third-order valence-electron chi connectivity index (χ3n) is 3.41. The van der Waals surface area contributed by atoms with Crippen LogP contribution in [0.15, 0.2) is 58.6 Å². The number of fused-ring (bicyclic) bond motifs is 1. The van der Waals surface area contributed by atoms with Crippen LogP contribution >= 0.6 is 15.9 Å². The van der Waals surface area contributed by atoms with Gasteiger partial charge in [-0.2, -0.15) is 0 Å². The lowest BCUT2D eigenvalue weighted by Crippen LogP contribution is -2.14. The van der Waals surface area contributed by atoms with E-state index in [9.17, 15) is 4.79 Å². The highest BCUT2D eigenvalue weighted by atomic mass is 79.9. The van der Waals surface area contributed by atoms with Crippen LogP contribution in [0.3, 0.4) is 0 Å². The van der Waals surface area contributed by atoms with Crippen LogP contribution in [0.25, 0.3) is 6.08 Å². The molecule has 2 aromatic rings. The van der Waals surface area contributed by atoms with E-state index >= 15 is 0 Å². The van der Waals surface area contributed by atoms with Crippen molar-refractivity contribution >= 4 is 27.8 Å². The van der Waals surface area contributed by atoms with Gasteiger partial charge in [-0.15, -0.1) is 0 Å². The monoisotopic (exact) mass is 312 g/mol. The van der Waals surface area contributed by atoms with E-state index in [2.05, 4.69) is 15.9 Å². The lowest BCUT2D eigenvalue weighted by atomic mass is 9.86. The Morgan fingerprint density at radius 3 is 2.58 bits per heavy atom. The van der Waals surface area contributed by atoms with Gasteiger partial charge in [-0.1, -0.05) is 52.3 Å². The smallest absolute Gasteiger partial charge is 0.189 e. The molecule has 1 nitrogen and oxygen atoms in total. The SMILES string of the molecule is O=C1/C(=C/c2ccccc2)CCc2ccc(Br)cc21. The van der Waals surface area contributed by atoms with Gasteiger partial charge in [0.2, 0.25) is 0 Å². The summed E-state index contributed by atoms with van der Waals surface area (Å²) in [6.07, 6.45) is 3.77. The zero-order valence-corrected chi connectivity index (χ0v) is 12.0. The molecule has 0 atom stereocenters. The Hall–Kier alpha value is -1.67. The highest BCUT2D eigenvalue weighted by Gasteiger charge is 2.21. The molecular formula is C17H13BrO. The molecule has 1 aliphatic rings. The normalized spacial score (nSPS) is 16.5. The van der Waals surface area contributed by atoms with Gasteiger partial charge in [0.05, 0.1) is 0 Å². The Bertz CT molecular complexity index is 656. The van der Waals surface area contributed by atoms with Crippen molar-refractivity contribution in [3.8, 4) is 0 Å². The van der Waals surface area contributed by atoms with Gasteiger partial charge in [0, 0.05) is 15.6 Å². The molecule has 0 aliphatic heterocycles. The van der Waals surface area contributed by atoms with Crippen LogP contribution in [0.1, 0.15) is 27.9 Å². The summed E-state index contributed by atoms with van der Waals surface area (Å²) in [6.45, 7) is 0. The first kappa shape index (κ1) is 12.4. The number of Topliss-reactive ketones (excluding diaryl/α,β-unsaturated/α-hetero) is 1. The fourth-order valence-electron chi connectivity index (χ4n) is 2.42. The van der Waals surface area contributed by atoms with Crippen LogP contribution in [0.4, 0.5) is 0 Å². The molecule has 0 heterocycles. The Kier molecular flexibility index (Phi) is 3.34. The molecule has 94 valence electrons. The first-order valence-electron chi connectivity index (χ1n) is 6.33. The molecule has 0 radical (unpaired) electrons. The maximum atomic E-state index is 12.5. The molecule has 0 saturated carbocycles. The number of rotatable bonds is 1. The molecule has 0 fully saturated rings. The van der Waals surface area contributed by atoms with Crippen LogP contribution in [-0.2, 0) is 6.42 Å². The van der Waals surface area contributed by atoms with Crippen LogP contribution in [0.5, 0.6) is 0 Å².